The van der Waals surface area contributed by atoms with Crippen LogP contribution in [-0.4, -0.2) is 47.3 Å². The second-order valence-corrected chi connectivity index (χ2v) is 7.50. The van der Waals surface area contributed by atoms with Crippen LogP contribution in [0.5, 0.6) is 5.75 Å². The summed E-state index contributed by atoms with van der Waals surface area (Å²) < 4.78 is 12.0. The Balaban J connectivity index is 1.55. The van der Waals surface area contributed by atoms with Gasteiger partial charge in [0.05, 0.1) is 35.9 Å². The predicted octanol–water partition coefficient (Wildman–Crippen LogP) is 1.68. The lowest BCUT2D eigenvalue weighted by molar-refractivity contribution is -0.146. The minimum absolute atomic E-state index is 0.231. The van der Waals surface area contributed by atoms with Crippen molar-refractivity contribution in [2.24, 2.45) is 11.8 Å². The number of anilines is 1. The van der Waals surface area contributed by atoms with E-state index in [0.717, 1.165) is 10.2 Å². The lowest BCUT2D eigenvalue weighted by Crippen LogP contribution is -2.39. The summed E-state index contributed by atoms with van der Waals surface area (Å²) in [5, 5.41) is 10.1. The topological polar surface area (TPSA) is 89.0 Å². The first kappa shape index (κ1) is 14.9. The van der Waals surface area contributed by atoms with Crippen molar-refractivity contribution in [3.63, 3.8) is 0 Å². The fraction of sp³-hybridized carbons (Fsp3) is 0.353. The summed E-state index contributed by atoms with van der Waals surface area (Å²) in [6.45, 7) is 0.296. The van der Waals surface area contributed by atoms with Gasteiger partial charge in [-0.2, -0.15) is 0 Å². The molecule has 0 unspecified atom stereocenters. The first-order valence-corrected chi connectivity index (χ1v) is 8.70. The molecule has 2 fully saturated rings. The Morgan fingerprint density at radius 2 is 2.36 bits per heavy atom. The van der Waals surface area contributed by atoms with Crippen LogP contribution >= 0.6 is 11.3 Å². The number of carbonyl (C=O) groups excluding carboxylic acids is 1. The molecule has 7 nitrogen and oxygen atoms in total. The largest absolute Gasteiger partial charge is 0.497 e. The molecule has 0 saturated carbocycles. The summed E-state index contributed by atoms with van der Waals surface area (Å²) in [5.41, 5.74) is -0.0994. The third-order valence-electron chi connectivity index (χ3n) is 5.20. The van der Waals surface area contributed by atoms with Crippen molar-refractivity contribution >= 4 is 38.6 Å². The SMILES string of the molecule is COc1ccc2sc(N3C[C@@]45C=C[C@H](O4)[C@H](C(=O)O)[C@@H]5C3=O)nc2c1. The summed E-state index contributed by atoms with van der Waals surface area (Å²) in [5.74, 6) is -2.06. The third kappa shape index (κ3) is 1.86. The Morgan fingerprint density at radius 1 is 1.52 bits per heavy atom. The van der Waals surface area contributed by atoms with E-state index < -0.39 is 29.5 Å². The number of ether oxygens (including phenoxy) is 2. The maximum atomic E-state index is 13.0. The molecule has 25 heavy (non-hydrogen) atoms. The minimum atomic E-state index is -0.995. The first-order chi connectivity index (χ1) is 12.0. The van der Waals surface area contributed by atoms with Crippen LogP contribution in [0.3, 0.4) is 0 Å². The molecule has 3 aliphatic heterocycles. The lowest BCUT2D eigenvalue weighted by atomic mass is 9.77. The number of fused-ring (bicyclic) bond motifs is 2. The Labute approximate surface area is 146 Å². The summed E-state index contributed by atoms with van der Waals surface area (Å²) in [6, 6.07) is 5.56. The van der Waals surface area contributed by atoms with E-state index in [1.54, 1.807) is 18.1 Å². The molecule has 1 amide bonds. The number of aromatic nitrogens is 1. The molecule has 1 spiro atoms. The van der Waals surface area contributed by atoms with Gasteiger partial charge >= 0.3 is 5.97 Å². The number of hydrogen-bond acceptors (Lipinski definition) is 6. The molecule has 2 saturated heterocycles. The Morgan fingerprint density at radius 3 is 3.12 bits per heavy atom. The summed E-state index contributed by atoms with van der Waals surface area (Å²) in [4.78, 5) is 30.7. The summed E-state index contributed by atoms with van der Waals surface area (Å²) in [6.07, 6.45) is 3.08. The van der Waals surface area contributed by atoms with Gasteiger partial charge in [-0.05, 0) is 12.1 Å². The van der Waals surface area contributed by atoms with E-state index >= 15 is 0 Å². The van der Waals surface area contributed by atoms with Crippen LogP contribution in [0.25, 0.3) is 10.2 Å². The van der Waals surface area contributed by atoms with Gasteiger partial charge < -0.3 is 14.6 Å². The number of thiazole rings is 1. The molecule has 2 bridgehead atoms. The van der Waals surface area contributed by atoms with Crippen molar-refractivity contribution in [2.75, 3.05) is 18.6 Å². The Hall–Kier alpha value is -2.45. The molecule has 1 aromatic carbocycles. The zero-order valence-corrected chi connectivity index (χ0v) is 14.0. The molecular formula is C17H14N2O5S. The van der Waals surface area contributed by atoms with Gasteiger partial charge in [0.15, 0.2) is 5.13 Å². The highest BCUT2D eigenvalue weighted by Gasteiger charge is 2.67. The molecule has 1 N–H and O–H groups in total. The molecule has 128 valence electrons. The van der Waals surface area contributed by atoms with Crippen LogP contribution in [0.1, 0.15) is 0 Å². The average Bonchev–Trinajstić information content (AvgIpc) is 3.32. The van der Waals surface area contributed by atoms with Crippen LogP contribution in [0.4, 0.5) is 5.13 Å². The highest BCUT2D eigenvalue weighted by Crippen LogP contribution is 2.53. The van der Waals surface area contributed by atoms with Gasteiger partial charge in [-0.1, -0.05) is 23.5 Å². The highest BCUT2D eigenvalue weighted by atomic mass is 32.1. The van der Waals surface area contributed by atoms with Crippen LogP contribution in [-0.2, 0) is 14.3 Å². The molecule has 8 heteroatoms. The normalized spacial score (nSPS) is 32.6. The number of rotatable bonds is 3. The number of hydrogen-bond donors (Lipinski definition) is 1. The lowest BCUT2D eigenvalue weighted by Gasteiger charge is -2.21. The molecule has 4 atom stereocenters. The van der Waals surface area contributed by atoms with Gasteiger partial charge in [0.2, 0.25) is 5.91 Å². The van der Waals surface area contributed by atoms with E-state index in [1.807, 2.05) is 24.3 Å². The molecule has 2 aromatic rings. The fourth-order valence-electron chi connectivity index (χ4n) is 4.08. The van der Waals surface area contributed by atoms with Crippen molar-refractivity contribution in [1.29, 1.82) is 0 Å². The Bertz CT molecular complexity index is 954. The molecule has 0 aliphatic carbocycles. The van der Waals surface area contributed by atoms with Crippen molar-refractivity contribution in [3.8, 4) is 5.75 Å². The second kappa shape index (κ2) is 4.80. The van der Waals surface area contributed by atoms with Crippen LogP contribution < -0.4 is 9.64 Å². The molecular weight excluding hydrogens is 344 g/mol. The van der Waals surface area contributed by atoms with E-state index in [0.29, 0.717) is 17.4 Å². The second-order valence-electron chi connectivity index (χ2n) is 6.49. The van der Waals surface area contributed by atoms with Crippen LogP contribution in [0, 0.1) is 11.8 Å². The number of carboxylic acids is 1. The van der Waals surface area contributed by atoms with Crippen LogP contribution in [0.15, 0.2) is 30.4 Å². The third-order valence-corrected chi connectivity index (χ3v) is 6.26. The zero-order chi connectivity index (χ0) is 17.3. The molecule has 1 aromatic heterocycles. The number of carboxylic acid groups (broad SMARTS) is 1. The van der Waals surface area contributed by atoms with Crippen molar-refractivity contribution < 1.29 is 24.2 Å². The number of methoxy groups -OCH3 is 1. The maximum absolute atomic E-state index is 13.0. The maximum Gasteiger partial charge on any atom is 0.310 e. The number of nitrogens with zero attached hydrogens (tertiary/aromatic N) is 2. The van der Waals surface area contributed by atoms with E-state index in [2.05, 4.69) is 4.98 Å². The van der Waals surface area contributed by atoms with Gasteiger partial charge in [0, 0.05) is 6.07 Å². The smallest absolute Gasteiger partial charge is 0.310 e. The van der Waals surface area contributed by atoms with E-state index in [1.165, 1.54) is 11.3 Å². The summed E-state index contributed by atoms with van der Waals surface area (Å²) in [7, 11) is 1.59. The van der Waals surface area contributed by atoms with E-state index in [9.17, 15) is 14.7 Å². The predicted molar refractivity (Wildman–Crippen MR) is 89.9 cm³/mol. The summed E-state index contributed by atoms with van der Waals surface area (Å²) >= 11 is 1.40. The molecule has 3 aliphatic rings. The van der Waals surface area contributed by atoms with Gasteiger partial charge in [0.1, 0.15) is 17.3 Å². The highest BCUT2D eigenvalue weighted by molar-refractivity contribution is 7.22. The average molecular weight is 358 g/mol. The zero-order valence-electron chi connectivity index (χ0n) is 13.2. The quantitative estimate of drug-likeness (QED) is 0.840. The van der Waals surface area contributed by atoms with Gasteiger partial charge in [-0.25, -0.2) is 4.98 Å². The van der Waals surface area contributed by atoms with Crippen molar-refractivity contribution in [3.05, 3.63) is 30.4 Å². The number of amides is 1. The van der Waals surface area contributed by atoms with Crippen molar-refractivity contribution in [1.82, 2.24) is 4.98 Å². The molecule has 5 rings (SSSR count). The number of carbonyl (C=O) groups is 2. The monoisotopic (exact) mass is 358 g/mol. The number of benzene rings is 1. The first-order valence-electron chi connectivity index (χ1n) is 7.88. The standard InChI is InChI=1S/C17H14N2O5S/c1-23-8-2-3-11-9(6-8)18-16(25-11)19-7-17-5-4-10(24-17)12(15(21)22)13(17)14(19)20/h2-6,10,12-13H,7H2,1H3,(H,21,22)/t10-,12-,13+,17+/m0/s1. The minimum Gasteiger partial charge on any atom is -0.497 e. The van der Waals surface area contributed by atoms with Crippen LogP contribution in [0.2, 0.25) is 0 Å². The van der Waals surface area contributed by atoms with E-state index in [4.69, 9.17) is 9.47 Å². The van der Waals surface area contributed by atoms with Gasteiger partial charge in [-0.15, -0.1) is 0 Å². The fourth-order valence-corrected chi connectivity index (χ4v) is 5.03. The molecule has 0 radical (unpaired) electrons. The van der Waals surface area contributed by atoms with Crippen molar-refractivity contribution in [2.45, 2.75) is 11.7 Å². The van der Waals surface area contributed by atoms with Gasteiger partial charge in [0.25, 0.3) is 0 Å². The Kier molecular flexibility index (Phi) is 2.85. The number of aliphatic carboxylic acids is 1. The van der Waals surface area contributed by atoms with Gasteiger partial charge in [-0.3, -0.25) is 14.5 Å². The van der Waals surface area contributed by atoms with E-state index in [-0.39, 0.29) is 5.91 Å². The molecule has 4 heterocycles.